The lowest BCUT2D eigenvalue weighted by molar-refractivity contribution is 0.0993. The molecule has 1 rings (SSSR count). The Labute approximate surface area is 112 Å². The van der Waals surface area contributed by atoms with Crippen LogP contribution >= 0.6 is 12.2 Å². The van der Waals surface area contributed by atoms with Crippen LogP contribution in [0, 0.1) is 0 Å². The van der Waals surface area contributed by atoms with Crippen LogP contribution in [-0.2, 0) is 9.47 Å². The summed E-state index contributed by atoms with van der Waals surface area (Å²) in [5.41, 5.74) is 6.99. The molecular formula is C11H20N4O2S. The second-order valence-corrected chi connectivity index (χ2v) is 4.47. The molecule has 0 aliphatic rings. The van der Waals surface area contributed by atoms with Crippen LogP contribution in [0.15, 0.2) is 0 Å². The van der Waals surface area contributed by atoms with Crippen molar-refractivity contribution in [3.05, 3.63) is 11.4 Å². The Morgan fingerprint density at radius 2 is 2.17 bits per heavy atom. The summed E-state index contributed by atoms with van der Waals surface area (Å²) in [4.78, 5) is 0.229. The van der Waals surface area contributed by atoms with E-state index in [0.717, 1.165) is 12.1 Å². The van der Waals surface area contributed by atoms with Crippen LogP contribution < -0.4 is 5.73 Å². The van der Waals surface area contributed by atoms with Crippen molar-refractivity contribution in [3.8, 4) is 0 Å². The minimum atomic E-state index is -0.178. The lowest BCUT2D eigenvalue weighted by atomic mass is 10.1. The van der Waals surface area contributed by atoms with Crippen LogP contribution in [0.3, 0.4) is 0 Å². The van der Waals surface area contributed by atoms with Crippen molar-refractivity contribution >= 4 is 17.2 Å². The van der Waals surface area contributed by atoms with E-state index in [9.17, 15) is 0 Å². The summed E-state index contributed by atoms with van der Waals surface area (Å²) in [6, 6.07) is 0.0956. The highest BCUT2D eigenvalue weighted by atomic mass is 32.1. The molecule has 0 aliphatic carbocycles. The van der Waals surface area contributed by atoms with Crippen molar-refractivity contribution in [2.24, 2.45) is 5.73 Å². The Balaban J connectivity index is 3.22. The van der Waals surface area contributed by atoms with Crippen molar-refractivity contribution < 1.29 is 9.47 Å². The number of methoxy groups -OCH3 is 2. The molecule has 2 unspecified atom stereocenters. The van der Waals surface area contributed by atoms with Crippen LogP contribution in [0.5, 0.6) is 0 Å². The van der Waals surface area contributed by atoms with Crippen LogP contribution in [0.4, 0.5) is 0 Å². The topological polar surface area (TPSA) is 75.2 Å². The van der Waals surface area contributed by atoms with Gasteiger partial charge in [-0.1, -0.05) is 24.4 Å². The smallest absolute Gasteiger partial charge is 0.145 e. The molecule has 7 heteroatoms. The van der Waals surface area contributed by atoms with E-state index < -0.39 is 0 Å². The summed E-state index contributed by atoms with van der Waals surface area (Å²) in [5.74, 6) is 0. The van der Waals surface area contributed by atoms with Gasteiger partial charge in [0.2, 0.25) is 0 Å². The molecule has 18 heavy (non-hydrogen) atoms. The maximum Gasteiger partial charge on any atom is 0.145 e. The summed E-state index contributed by atoms with van der Waals surface area (Å²) in [5, 5.41) is 8.18. The van der Waals surface area contributed by atoms with Crippen LogP contribution in [0.25, 0.3) is 0 Å². The quantitative estimate of drug-likeness (QED) is 0.752. The molecule has 0 fully saturated rings. The van der Waals surface area contributed by atoms with Gasteiger partial charge in [-0.15, -0.1) is 5.10 Å². The molecule has 0 saturated carbocycles. The Morgan fingerprint density at radius 1 is 1.50 bits per heavy atom. The number of nitrogens with two attached hydrogens (primary N) is 1. The lowest BCUT2D eigenvalue weighted by Crippen LogP contribution is -2.21. The van der Waals surface area contributed by atoms with Crippen molar-refractivity contribution in [3.63, 3.8) is 0 Å². The van der Waals surface area contributed by atoms with E-state index in [-0.39, 0.29) is 17.1 Å². The first-order chi connectivity index (χ1) is 8.56. The SMILES string of the molecule is CCC(COC)n1nnc(C(N)=S)c1C(C)OC. The second kappa shape index (κ2) is 6.77. The minimum Gasteiger partial charge on any atom is -0.388 e. The van der Waals surface area contributed by atoms with Crippen molar-refractivity contribution in [1.29, 1.82) is 0 Å². The Bertz CT molecular complexity index is 408. The average molecular weight is 272 g/mol. The number of hydrogen-bond donors (Lipinski definition) is 1. The maximum absolute atomic E-state index is 5.66. The highest BCUT2D eigenvalue weighted by molar-refractivity contribution is 7.80. The minimum absolute atomic E-state index is 0.0956. The maximum atomic E-state index is 5.66. The predicted molar refractivity (Wildman–Crippen MR) is 72.5 cm³/mol. The van der Waals surface area contributed by atoms with Gasteiger partial charge in [0.15, 0.2) is 0 Å². The predicted octanol–water partition coefficient (Wildman–Crippen LogP) is 1.22. The number of ether oxygens (including phenoxy) is 2. The molecule has 1 aromatic heterocycles. The fraction of sp³-hybridized carbons (Fsp3) is 0.727. The largest absolute Gasteiger partial charge is 0.388 e. The fourth-order valence-electron chi connectivity index (χ4n) is 1.79. The van der Waals surface area contributed by atoms with Gasteiger partial charge in [0.05, 0.1) is 24.4 Å². The molecule has 2 atom stereocenters. The van der Waals surface area contributed by atoms with Gasteiger partial charge in [-0.2, -0.15) is 0 Å². The first-order valence-electron chi connectivity index (χ1n) is 5.83. The highest BCUT2D eigenvalue weighted by Gasteiger charge is 2.24. The van der Waals surface area contributed by atoms with E-state index in [2.05, 4.69) is 17.2 Å². The van der Waals surface area contributed by atoms with Gasteiger partial charge in [-0.3, -0.25) is 0 Å². The van der Waals surface area contributed by atoms with Gasteiger partial charge in [0.25, 0.3) is 0 Å². The molecule has 1 aromatic rings. The first-order valence-corrected chi connectivity index (χ1v) is 6.24. The monoisotopic (exact) mass is 272 g/mol. The van der Waals surface area contributed by atoms with Gasteiger partial charge >= 0.3 is 0 Å². The number of rotatable bonds is 7. The zero-order valence-corrected chi connectivity index (χ0v) is 12.0. The molecular weight excluding hydrogens is 252 g/mol. The molecule has 0 spiro atoms. The summed E-state index contributed by atoms with van der Waals surface area (Å²) in [6.45, 7) is 4.53. The summed E-state index contributed by atoms with van der Waals surface area (Å²) >= 11 is 4.99. The van der Waals surface area contributed by atoms with E-state index in [1.165, 1.54) is 0 Å². The normalized spacial score (nSPS) is 14.4. The molecule has 0 aliphatic heterocycles. The molecule has 0 amide bonds. The van der Waals surface area contributed by atoms with E-state index in [4.69, 9.17) is 27.4 Å². The van der Waals surface area contributed by atoms with Gasteiger partial charge in [-0.25, -0.2) is 4.68 Å². The third kappa shape index (κ3) is 3.04. The van der Waals surface area contributed by atoms with E-state index in [1.54, 1.807) is 18.9 Å². The fourth-order valence-corrected chi connectivity index (χ4v) is 1.94. The van der Waals surface area contributed by atoms with E-state index >= 15 is 0 Å². The van der Waals surface area contributed by atoms with Crippen LogP contribution in [0.2, 0.25) is 0 Å². The number of thiocarbonyl (C=S) groups is 1. The lowest BCUT2D eigenvalue weighted by Gasteiger charge is -2.19. The number of aromatic nitrogens is 3. The van der Waals surface area contributed by atoms with Gasteiger partial charge < -0.3 is 15.2 Å². The Hall–Kier alpha value is -1.05. The van der Waals surface area contributed by atoms with Gasteiger partial charge in [-0.05, 0) is 13.3 Å². The Morgan fingerprint density at radius 3 is 2.61 bits per heavy atom. The molecule has 0 saturated heterocycles. The van der Waals surface area contributed by atoms with Crippen molar-refractivity contribution in [2.75, 3.05) is 20.8 Å². The second-order valence-electron chi connectivity index (χ2n) is 4.03. The van der Waals surface area contributed by atoms with E-state index in [0.29, 0.717) is 12.3 Å². The highest BCUT2D eigenvalue weighted by Crippen LogP contribution is 2.23. The third-order valence-corrected chi connectivity index (χ3v) is 3.07. The zero-order chi connectivity index (χ0) is 13.7. The Kier molecular flexibility index (Phi) is 5.64. The van der Waals surface area contributed by atoms with Gasteiger partial charge in [0, 0.05) is 14.2 Å². The number of nitrogens with zero attached hydrogens (tertiary/aromatic N) is 3. The van der Waals surface area contributed by atoms with E-state index in [1.807, 2.05) is 6.92 Å². The molecule has 0 aromatic carbocycles. The molecule has 2 N–H and O–H groups in total. The molecule has 102 valence electrons. The molecule has 0 radical (unpaired) electrons. The first kappa shape index (κ1) is 15.0. The third-order valence-electron chi connectivity index (χ3n) is 2.88. The summed E-state index contributed by atoms with van der Waals surface area (Å²) in [6.07, 6.45) is 0.694. The van der Waals surface area contributed by atoms with Crippen LogP contribution in [0.1, 0.15) is 43.8 Å². The summed E-state index contributed by atoms with van der Waals surface area (Å²) in [7, 11) is 3.29. The van der Waals surface area contributed by atoms with Gasteiger partial charge in [0.1, 0.15) is 10.7 Å². The molecule has 1 heterocycles. The zero-order valence-electron chi connectivity index (χ0n) is 11.2. The average Bonchev–Trinajstić information content (AvgIpc) is 2.79. The number of hydrogen-bond acceptors (Lipinski definition) is 5. The molecule has 0 bridgehead atoms. The van der Waals surface area contributed by atoms with Crippen molar-refractivity contribution in [2.45, 2.75) is 32.4 Å². The molecule has 6 nitrogen and oxygen atoms in total. The standard InChI is InChI=1S/C11H20N4O2S/c1-5-8(6-16-3)15-10(7(2)17-4)9(11(12)18)13-14-15/h7-8H,5-6H2,1-4H3,(H2,12,18). The van der Waals surface area contributed by atoms with Crippen LogP contribution in [-0.4, -0.2) is 40.8 Å². The summed E-state index contributed by atoms with van der Waals surface area (Å²) < 4.78 is 12.3. The van der Waals surface area contributed by atoms with Crippen molar-refractivity contribution in [1.82, 2.24) is 15.0 Å².